The molecule has 2 aromatic heterocycles. The van der Waals surface area contributed by atoms with Crippen molar-refractivity contribution in [3.05, 3.63) is 78.1 Å². The summed E-state index contributed by atoms with van der Waals surface area (Å²) in [5.41, 5.74) is 2.66. The van der Waals surface area contributed by atoms with Gasteiger partial charge in [-0.3, -0.25) is 10.1 Å². The number of carbonyl (C=O) groups excluding carboxylic acids is 1. The summed E-state index contributed by atoms with van der Waals surface area (Å²) in [6, 6.07) is 20.6. The van der Waals surface area contributed by atoms with Crippen LogP contribution in [0.1, 0.15) is 29.8 Å². The lowest BCUT2D eigenvalue weighted by Crippen LogP contribution is -2.13. The first-order valence-electron chi connectivity index (χ1n) is 9.27. The number of hydrogen-bond donors (Lipinski definition) is 1. The van der Waals surface area contributed by atoms with Gasteiger partial charge in [0.25, 0.3) is 11.8 Å². The van der Waals surface area contributed by atoms with E-state index in [-0.39, 0.29) is 17.8 Å². The first-order valence-corrected chi connectivity index (χ1v) is 9.27. The summed E-state index contributed by atoms with van der Waals surface area (Å²) < 4.78 is 10.6. The second-order valence-corrected chi connectivity index (χ2v) is 7.24. The molecule has 0 aliphatic rings. The van der Waals surface area contributed by atoms with E-state index in [0.717, 1.165) is 16.7 Å². The molecule has 30 heavy (non-hydrogen) atoms. The molecule has 0 unspecified atom stereocenters. The van der Waals surface area contributed by atoms with Gasteiger partial charge in [-0.1, -0.05) is 41.5 Å². The van der Waals surface area contributed by atoms with E-state index in [1.807, 2.05) is 44.2 Å². The molecular formula is C23H18N4O3. The SMILES string of the molecule is CC(C)(C#N)c1ccc(-c2cccc(C(=O)Nc3nnc(-c4ccco4)o3)c2)cc1. The van der Waals surface area contributed by atoms with Crippen molar-refractivity contribution in [1.82, 2.24) is 10.2 Å². The van der Waals surface area contributed by atoms with Gasteiger partial charge >= 0.3 is 6.01 Å². The summed E-state index contributed by atoms with van der Waals surface area (Å²) in [6.07, 6.45) is 1.50. The maximum absolute atomic E-state index is 12.6. The Morgan fingerprint density at radius 2 is 1.83 bits per heavy atom. The summed E-state index contributed by atoms with van der Waals surface area (Å²) in [6.45, 7) is 3.75. The highest BCUT2D eigenvalue weighted by atomic mass is 16.4. The summed E-state index contributed by atoms with van der Waals surface area (Å²) in [4.78, 5) is 12.6. The normalized spacial score (nSPS) is 11.1. The van der Waals surface area contributed by atoms with Crippen molar-refractivity contribution >= 4 is 11.9 Å². The number of rotatable bonds is 5. The van der Waals surface area contributed by atoms with Crippen LogP contribution in [-0.4, -0.2) is 16.1 Å². The van der Waals surface area contributed by atoms with E-state index in [1.54, 1.807) is 30.3 Å². The summed E-state index contributed by atoms with van der Waals surface area (Å²) >= 11 is 0. The lowest BCUT2D eigenvalue weighted by Gasteiger charge is -2.16. The Labute approximate surface area is 173 Å². The van der Waals surface area contributed by atoms with E-state index in [1.165, 1.54) is 6.26 Å². The largest absolute Gasteiger partial charge is 0.459 e. The lowest BCUT2D eigenvalue weighted by atomic mass is 9.85. The fourth-order valence-electron chi connectivity index (χ4n) is 2.93. The molecule has 2 heterocycles. The number of anilines is 1. The molecule has 0 atom stereocenters. The van der Waals surface area contributed by atoms with Gasteiger partial charge in [0, 0.05) is 5.56 Å². The zero-order valence-electron chi connectivity index (χ0n) is 16.4. The molecule has 7 heteroatoms. The predicted molar refractivity (Wildman–Crippen MR) is 110 cm³/mol. The average molecular weight is 398 g/mol. The van der Waals surface area contributed by atoms with Crippen molar-refractivity contribution in [2.24, 2.45) is 0 Å². The standard InChI is InChI=1S/C23H18N4O3/c1-23(2,14-24)18-10-8-15(9-11-18)16-5-3-6-17(13-16)20(28)25-22-27-26-21(30-22)19-7-4-12-29-19/h3-13H,1-2H3,(H,25,27,28). The van der Waals surface area contributed by atoms with Crippen LogP contribution < -0.4 is 5.32 Å². The van der Waals surface area contributed by atoms with Crippen LogP contribution in [0.4, 0.5) is 6.01 Å². The molecule has 0 bridgehead atoms. The maximum atomic E-state index is 12.6. The van der Waals surface area contributed by atoms with Crippen molar-refractivity contribution < 1.29 is 13.6 Å². The van der Waals surface area contributed by atoms with Gasteiger partial charge in [0.1, 0.15) is 0 Å². The van der Waals surface area contributed by atoms with E-state index in [0.29, 0.717) is 11.3 Å². The fraction of sp³-hybridized carbons (Fsp3) is 0.130. The quantitative estimate of drug-likeness (QED) is 0.504. The minimum absolute atomic E-state index is 0.0140. The summed E-state index contributed by atoms with van der Waals surface area (Å²) in [5.74, 6) is 0.242. The number of aromatic nitrogens is 2. The molecule has 148 valence electrons. The van der Waals surface area contributed by atoms with E-state index >= 15 is 0 Å². The summed E-state index contributed by atoms with van der Waals surface area (Å²) in [7, 11) is 0. The minimum Gasteiger partial charge on any atom is -0.459 e. The number of nitrogens with zero attached hydrogens (tertiary/aromatic N) is 3. The van der Waals surface area contributed by atoms with Crippen molar-refractivity contribution in [3.63, 3.8) is 0 Å². The molecule has 0 saturated heterocycles. The molecule has 0 saturated carbocycles. The number of nitriles is 1. The highest BCUT2D eigenvalue weighted by Crippen LogP contribution is 2.27. The van der Waals surface area contributed by atoms with Gasteiger partial charge in [-0.05, 0) is 54.8 Å². The molecule has 4 rings (SSSR count). The molecule has 0 aliphatic carbocycles. The Morgan fingerprint density at radius 1 is 1.03 bits per heavy atom. The number of amides is 1. The van der Waals surface area contributed by atoms with Crippen LogP contribution in [0.5, 0.6) is 0 Å². The van der Waals surface area contributed by atoms with Crippen LogP contribution in [0.25, 0.3) is 22.8 Å². The van der Waals surface area contributed by atoms with Crippen LogP contribution in [0, 0.1) is 11.3 Å². The van der Waals surface area contributed by atoms with Crippen LogP contribution in [0.3, 0.4) is 0 Å². The van der Waals surface area contributed by atoms with Gasteiger partial charge in [-0.25, -0.2) is 0 Å². The van der Waals surface area contributed by atoms with E-state index in [2.05, 4.69) is 21.6 Å². The van der Waals surface area contributed by atoms with Crippen molar-refractivity contribution in [2.45, 2.75) is 19.3 Å². The number of benzene rings is 2. The van der Waals surface area contributed by atoms with E-state index in [9.17, 15) is 10.1 Å². The van der Waals surface area contributed by atoms with E-state index < -0.39 is 5.41 Å². The Bertz CT molecular complexity index is 1220. The molecule has 2 aromatic carbocycles. The third kappa shape index (κ3) is 3.84. The fourth-order valence-corrected chi connectivity index (χ4v) is 2.93. The van der Waals surface area contributed by atoms with E-state index in [4.69, 9.17) is 8.83 Å². The molecule has 1 amide bonds. The number of carbonyl (C=O) groups is 1. The third-order valence-electron chi connectivity index (χ3n) is 4.72. The highest BCUT2D eigenvalue weighted by Gasteiger charge is 2.19. The molecule has 7 nitrogen and oxygen atoms in total. The van der Waals surface area contributed by atoms with Crippen molar-refractivity contribution in [2.75, 3.05) is 5.32 Å². The lowest BCUT2D eigenvalue weighted by molar-refractivity contribution is 0.102. The average Bonchev–Trinajstić information content (AvgIpc) is 3.46. The maximum Gasteiger partial charge on any atom is 0.322 e. The molecule has 0 spiro atoms. The van der Waals surface area contributed by atoms with Gasteiger partial charge in [0.2, 0.25) is 0 Å². The Morgan fingerprint density at radius 3 is 2.53 bits per heavy atom. The van der Waals surface area contributed by atoms with Gasteiger partial charge in [-0.15, -0.1) is 5.10 Å². The second kappa shape index (κ2) is 7.68. The topological polar surface area (TPSA) is 105 Å². The molecule has 4 aromatic rings. The van der Waals surface area contributed by atoms with Gasteiger partial charge in [0.05, 0.1) is 17.7 Å². The van der Waals surface area contributed by atoms with Gasteiger partial charge < -0.3 is 8.83 Å². The molecule has 0 fully saturated rings. The second-order valence-electron chi connectivity index (χ2n) is 7.24. The monoisotopic (exact) mass is 398 g/mol. The third-order valence-corrected chi connectivity index (χ3v) is 4.72. The predicted octanol–water partition coefficient (Wildman–Crippen LogP) is 5.05. The Kier molecular flexibility index (Phi) is 4.90. The van der Waals surface area contributed by atoms with Crippen LogP contribution in [-0.2, 0) is 5.41 Å². The highest BCUT2D eigenvalue weighted by molar-refractivity contribution is 6.03. The van der Waals surface area contributed by atoms with Gasteiger partial charge in [-0.2, -0.15) is 5.26 Å². The zero-order valence-corrected chi connectivity index (χ0v) is 16.4. The minimum atomic E-state index is -0.557. The first-order chi connectivity index (χ1) is 14.5. The number of nitrogens with one attached hydrogen (secondary N) is 1. The number of furan rings is 1. The molecular weight excluding hydrogens is 380 g/mol. The van der Waals surface area contributed by atoms with Crippen LogP contribution in [0.15, 0.2) is 75.8 Å². The van der Waals surface area contributed by atoms with Crippen molar-refractivity contribution in [1.29, 1.82) is 5.26 Å². The Balaban J connectivity index is 1.52. The zero-order chi connectivity index (χ0) is 21.1. The van der Waals surface area contributed by atoms with Crippen LogP contribution >= 0.6 is 0 Å². The van der Waals surface area contributed by atoms with Crippen LogP contribution in [0.2, 0.25) is 0 Å². The molecule has 0 aliphatic heterocycles. The molecule has 0 radical (unpaired) electrons. The van der Waals surface area contributed by atoms with Gasteiger partial charge in [0.15, 0.2) is 5.76 Å². The Hall–Kier alpha value is -4.18. The first kappa shape index (κ1) is 19.2. The molecule has 1 N–H and O–H groups in total. The number of hydrogen-bond acceptors (Lipinski definition) is 6. The summed E-state index contributed by atoms with van der Waals surface area (Å²) in [5, 5.41) is 19.6. The van der Waals surface area contributed by atoms with Crippen molar-refractivity contribution in [3.8, 4) is 28.8 Å². The smallest absolute Gasteiger partial charge is 0.322 e.